The number of ether oxygens (including phenoxy) is 1. The summed E-state index contributed by atoms with van der Waals surface area (Å²) in [5, 5.41) is 9.12. The molecule has 1 aromatic rings. The zero-order chi connectivity index (χ0) is 10.6. The van der Waals surface area contributed by atoms with E-state index in [1.807, 2.05) is 13.8 Å². The molecule has 78 valence electrons. The molecule has 0 saturated heterocycles. The minimum absolute atomic E-state index is 0.264. The van der Waals surface area contributed by atoms with Crippen LogP contribution in [0.15, 0.2) is 10.9 Å². The number of aromatic hydroxyl groups is 1. The molecule has 0 aliphatic carbocycles. The van der Waals surface area contributed by atoms with Crippen molar-refractivity contribution in [3.63, 3.8) is 0 Å². The Morgan fingerprint density at radius 2 is 2.36 bits per heavy atom. The summed E-state index contributed by atoms with van der Waals surface area (Å²) < 4.78 is 5.34. The van der Waals surface area contributed by atoms with Gasteiger partial charge >= 0.3 is 0 Å². The fourth-order valence-corrected chi connectivity index (χ4v) is 1.21. The van der Waals surface area contributed by atoms with Crippen LogP contribution in [0.25, 0.3) is 0 Å². The largest absolute Gasteiger partial charge is 0.493 e. The molecule has 1 rings (SSSR count). The predicted octanol–water partition coefficient (Wildman–Crippen LogP) is 0.963. The Morgan fingerprint density at radius 3 is 2.86 bits per heavy atom. The maximum Gasteiger partial charge on any atom is 0.254 e. The lowest BCUT2D eigenvalue weighted by Crippen LogP contribution is -2.14. The fourth-order valence-electron chi connectivity index (χ4n) is 1.21. The summed E-state index contributed by atoms with van der Waals surface area (Å²) in [5.74, 6) is 0.0984. The molecule has 0 aliphatic rings. The van der Waals surface area contributed by atoms with Crippen LogP contribution in [-0.4, -0.2) is 21.7 Å². The van der Waals surface area contributed by atoms with Gasteiger partial charge in [-0.2, -0.15) is 4.98 Å². The van der Waals surface area contributed by atoms with Gasteiger partial charge in [-0.25, -0.2) is 0 Å². The van der Waals surface area contributed by atoms with Gasteiger partial charge in [0.15, 0.2) is 0 Å². The summed E-state index contributed by atoms with van der Waals surface area (Å²) in [6, 6.07) is 1.03. The van der Waals surface area contributed by atoms with Crippen LogP contribution in [0.4, 0.5) is 0 Å². The minimum atomic E-state index is -0.370. The highest BCUT2D eigenvalue weighted by Crippen LogP contribution is 2.16. The fraction of sp³-hybridized carbons (Fsp3) is 0.556. The highest BCUT2D eigenvalue weighted by Gasteiger charge is 2.12. The Balaban J connectivity index is 2.97. The van der Waals surface area contributed by atoms with Crippen LogP contribution >= 0.6 is 0 Å². The first kappa shape index (κ1) is 10.7. The van der Waals surface area contributed by atoms with Gasteiger partial charge in [0.1, 0.15) is 11.9 Å². The molecule has 1 aromatic heterocycles. The highest BCUT2D eigenvalue weighted by atomic mass is 16.5. The normalized spacial score (nSPS) is 12.7. The number of nitrogens with zero attached hydrogens (tertiary/aromatic N) is 1. The van der Waals surface area contributed by atoms with E-state index >= 15 is 0 Å². The molecule has 0 spiro atoms. The molecule has 1 atom stereocenters. The topological polar surface area (TPSA) is 75.2 Å². The maximum atomic E-state index is 11.0. The number of aromatic amines is 1. The molecule has 0 saturated carbocycles. The summed E-state index contributed by atoms with van der Waals surface area (Å²) in [7, 11) is 0. The third-order valence-electron chi connectivity index (χ3n) is 1.79. The first-order valence-electron chi connectivity index (χ1n) is 4.59. The molecule has 0 fully saturated rings. The highest BCUT2D eigenvalue weighted by molar-refractivity contribution is 5.07. The molecule has 0 aromatic carbocycles. The van der Waals surface area contributed by atoms with E-state index in [1.165, 1.54) is 0 Å². The minimum Gasteiger partial charge on any atom is -0.493 e. The molecule has 0 amide bonds. The van der Waals surface area contributed by atoms with Gasteiger partial charge in [0.2, 0.25) is 5.88 Å². The van der Waals surface area contributed by atoms with Crippen molar-refractivity contribution >= 4 is 0 Å². The van der Waals surface area contributed by atoms with Crippen molar-refractivity contribution < 1.29 is 9.84 Å². The average Bonchev–Trinajstić information content (AvgIpc) is 2.12. The Morgan fingerprint density at radius 1 is 1.64 bits per heavy atom. The van der Waals surface area contributed by atoms with Gasteiger partial charge in [-0.1, -0.05) is 6.92 Å². The van der Waals surface area contributed by atoms with Gasteiger partial charge < -0.3 is 14.8 Å². The average molecular weight is 198 g/mol. The third-order valence-corrected chi connectivity index (χ3v) is 1.79. The first-order valence-corrected chi connectivity index (χ1v) is 4.59. The smallest absolute Gasteiger partial charge is 0.254 e. The van der Waals surface area contributed by atoms with E-state index in [9.17, 15) is 4.79 Å². The monoisotopic (exact) mass is 198 g/mol. The van der Waals surface area contributed by atoms with Gasteiger partial charge in [0, 0.05) is 6.61 Å². The van der Waals surface area contributed by atoms with E-state index < -0.39 is 0 Å². The second-order valence-electron chi connectivity index (χ2n) is 2.84. The van der Waals surface area contributed by atoms with Crippen molar-refractivity contribution in [3.8, 4) is 5.88 Å². The van der Waals surface area contributed by atoms with Crippen LogP contribution in [0.5, 0.6) is 5.88 Å². The Bertz CT molecular complexity index is 348. The number of hydrogen-bond donors (Lipinski definition) is 2. The van der Waals surface area contributed by atoms with Crippen LogP contribution in [0.3, 0.4) is 0 Å². The Kier molecular flexibility index (Phi) is 3.64. The van der Waals surface area contributed by atoms with Crippen molar-refractivity contribution in [1.82, 2.24) is 9.97 Å². The predicted molar refractivity (Wildman–Crippen MR) is 51.2 cm³/mol. The molecular weight excluding hydrogens is 184 g/mol. The SMILES string of the molecule is CCOC(CC)c1nc(O)cc(=O)[nH]1. The number of aromatic nitrogens is 2. The molecular formula is C9H14N2O3. The Labute approximate surface area is 81.8 Å². The van der Waals surface area contributed by atoms with Gasteiger partial charge in [-0.05, 0) is 13.3 Å². The second-order valence-corrected chi connectivity index (χ2v) is 2.84. The molecule has 1 unspecified atom stereocenters. The first-order chi connectivity index (χ1) is 6.67. The zero-order valence-electron chi connectivity index (χ0n) is 8.28. The number of hydrogen-bond acceptors (Lipinski definition) is 4. The third kappa shape index (κ3) is 2.56. The molecule has 0 aliphatic heterocycles. The molecule has 14 heavy (non-hydrogen) atoms. The van der Waals surface area contributed by atoms with Crippen LogP contribution < -0.4 is 5.56 Å². The van der Waals surface area contributed by atoms with Gasteiger partial charge in [0.05, 0.1) is 6.07 Å². The molecule has 5 nitrogen and oxygen atoms in total. The lowest BCUT2D eigenvalue weighted by atomic mass is 10.2. The molecule has 0 bridgehead atoms. The van der Waals surface area contributed by atoms with E-state index in [2.05, 4.69) is 9.97 Å². The van der Waals surface area contributed by atoms with Crippen LogP contribution in [-0.2, 0) is 4.74 Å². The van der Waals surface area contributed by atoms with Crippen molar-refractivity contribution in [2.75, 3.05) is 6.61 Å². The van der Waals surface area contributed by atoms with Gasteiger partial charge in [-0.3, -0.25) is 4.79 Å². The van der Waals surface area contributed by atoms with Crippen molar-refractivity contribution in [2.24, 2.45) is 0 Å². The van der Waals surface area contributed by atoms with Gasteiger partial charge in [0.25, 0.3) is 5.56 Å². The summed E-state index contributed by atoms with van der Waals surface area (Å²) >= 11 is 0. The van der Waals surface area contributed by atoms with E-state index in [4.69, 9.17) is 9.84 Å². The number of H-pyrrole nitrogens is 1. The maximum absolute atomic E-state index is 11.0. The summed E-state index contributed by atoms with van der Waals surface area (Å²) in [6.45, 7) is 4.33. The van der Waals surface area contributed by atoms with Crippen LogP contribution in [0, 0.1) is 0 Å². The van der Waals surface area contributed by atoms with E-state index in [0.29, 0.717) is 18.9 Å². The lowest BCUT2D eigenvalue weighted by Gasteiger charge is -2.13. The Hall–Kier alpha value is -1.36. The molecule has 0 radical (unpaired) electrons. The van der Waals surface area contributed by atoms with E-state index in [1.54, 1.807) is 0 Å². The summed E-state index contributed by atoms with van der Waals surface area (Å²) in [4.78, 5) is 17.4. The van der Waals surface area contributed by atoms with E-state index in [0.717, 1.165) is 6.07 Å². The van der Waals surface area contributed by atoms with Crippen molar-refractivity contribution in [1.29, 1.82) is 0 Å². The molecule has 2 N–H and O–H groups in total. The van der Waals surface area contributed by atoms with E-state index in [-0.39, 0.29) is 17.5 Å². The number of rotatable bonds is 4. The van der Waals surface area contributed by atoms with Gasteiger partial charge in [-0.15, -0.1) is 0 Å². The van der Waals surface area contributed by atoms with Crippen molar-refractivity contribution in [2.45, 2.75) is 26.4 Å². The lowest BCUT2D eigenvalue weighted by molar-refractivity contribution is 0.0528. The summed E-state index contributed by atoms with van der Waals surface area (Å²) in [5.41, 5.74) is -0.370. The van der Waals surface area contributed by atoms with Crippen LogP contribution in [0.1, 0.15) is 32.2 Å². The van der Waals surface area contributed by atoms with Crippen LogP contribution in [0.2, 0.25) is 0 Å². The quantitative estimate of drug-likeness (QED) is 0.755. The molecule has 1 heterocycles. The summed E-state index contributed by atoms with van der Waals surface area (Å²) in [6.07, 6.45) is 0.431. The second kappa shape index (κ2) is 4.76. The molecule has 5 heteroatoms. The van der Waals surface area contributed by atoms with Crippen molar-refractivity contribution in [3.05, 3.63) is 22.2 Å². The standard InChI is InChI=1S/C9H14N2O3/c1-3-6(14-4-2)9-10-7(12)5-8(13)11-9/h5-6H,3-4H2,1-2H3,(H2,10,11,12,13). The number of nitrogens with one attached hydrogen (secondary N) is 1. The zero-order valence-corrected chi connectivity index (χ0v) is 8.28.